The number of allylic oxidation sites excluding steroid dienone is 2. The molecule has 2 rings (SSSR count). The Kier molecular flexibility index (Phi) is 6.45. The van der Waals surface area contributed by atoms with Crippen molar-refractivity contribution in [3.8, 4) is 0 Å². The molecule has 0 amide bonds. The van der Waals surface area contributed by atoms with Crippen LogP contribution >= 0.6 is 0 Å². The third-order valence-corrected chi connectivity index (χ3v) is 5.55. The molecule has 4 nitrogen and oxygen atoms in total. The van der Waals surface area contributed by atoms with Gasteiger partial charge in [-0.15, -0.1) is 0 Å². The van der Waals surface area contributed by atoms with Crippen LogP contribution in [-0.4, -0.2) is 33.5 Å². The Morgan fingerprint density at radius 3 is 2.64 bits per heavy atom. The maximum Gasteiger partial charge on any atom is 0.305 e. The van der Waals surface area contributed by atoms with E-state index >= 15 is 0 Å². The molecule has 0 aromatic rings. The molecule has 1 fully saturated rings. The molecule has 2 aliphatic rings. The summed E-state index contributed by atoms with van der Waals surface area (Å²) in [6, 6.07) is 0. The lowest BCUT2D eigenvalue weighted by Gasteiger charge is -2.42. The van der Waals surface area contributed by atoms with E-state index in [2.05, 4.69) is 19.1 Å². The first-order chi connectivity index (χ1) is 10.5. The number of aliphatic hydroxyl groups is 2. The topological polar surface area (TPSA) is 77.8 Å². The molecule has 0 radical (unpaired) electrons. The molecule has 1 saturated carbocycles. The Morgan fingerprint density at radius 1 is 1.18 bits per heavy atom. The molecule has 0 heterocycles. The fourth-order valence-electron chi connectivity index (χ4n) is 4.39. The Hall–Kier alpha value is -0.870. The van der Waals surface area contributed by atoms with Gasteiger partial charge >= 0.3 is 5.97 Å². The monoisotopic (exact) mass is 310 g/mol. The van der Waals surface area contributed by atoms with Gasteiger partial charge in [-0.2, -0.15) is 0 Å². The highest BCUT2D eigenvalue weighted by molar-refractivity contribution is 5.67. The summed E-state index contributed by atoms with van der Waals surface area (Å²) in [6.07, 6.45) is 9.92. The van der Waals surface area contributed by atoms with E-state index in [1.165, 1.54) is 25.7 Å². The van der Waals surface area contributed by atoms with Crippen molar-refractivity contribution in [3.05, 3.63) is 12.2 Å². The number of fused-ring (bicyclic) bond motifs is 1. The maximum absolute atomic E-state index is 10.5. The van der Waals surface area contributed by atoms with Crippen LogP contribution in [0.5, 0.6) is 0 Å². The second-order valence-corrected chi connectivity index (χ2v) is 7.24. The van der Waals surface area contributed by atoms with Gasteiger partial charge in [0.05, 0.1) is 18.6 Å². The van der Waals surface area contributed by atoms with Crippen molar-refractivity contribution in [2.24, 2.45) is 23.7 Å². The van der Waals surface area contributed by atoms with Crippen molar-refractivity contribution in [1.29, 1.82) is 0 Å². The van der Waals surface area contributed by atoms with Gasteiger partial charge < -0.3 is 15.3 Å². The summed E-state index contributed by atoms with van der Waals surface area (Å²) in [7, 11) is 0. The second-order valence-electron chi connectivity index (χ2n) is 7.24. The highest BCUT2D eigenvalue weighted by Gasteiger charge is 2.35. The molecular weight excluding hydrogens is 280 g/mol. The van der Waals surface area contributed by atoms with Crippen LogP contribution in [0.2, 0.25) is 0 Å². The third-order valence-electron chi connectivity index (χ3n) is 5.55. The summed E-state index contributed by atoms with van der Waals surface area (Å²) in [5.41, 5.74) is 0. The maximum atomic E-state index is 10.5. The fourth-order valence-corrected chi connectivity index (χ4v) is 4.39. The van der Waals surface area contributed by atoms with Crippen LogP contribution in [0.15, 0.2) is 12.2 Å². The van der Waals surface area contributed by atoms with Crippen LogP contribution in [0.25, 0.3) is 0 Å². The number of hydrogen-bond acceptors (Lipinski definition) is 3. The first-order valence-electron chi connectivity index (χ1n) is 8.73. The molecule has 6 atom stereocenters. The summed E-state index contributed by atoms with van der Waals surface area (Å²) in [6.45, 7) is 2.26. The first kappa shape index (κ1) is 17.5. The van der Waals surface area contributed by atoms with E-state index in [4.69, 9.17) is 5.11 Å². The molecule has 4 heteroatoms. The van der Waals surface area contributed by atoms with Crippen LogP contribution in [0.3, 0.4) is 0 Å². The van der Waals surface area contributed by atoms with Gasteiger partial charge in [0.25, 0.3) is 0 Å². The highest BCUT2D eigenvalue weighted by atomic mass is 16.4. The molecule has 0 aliphatic heterocycles. The molecule has 0 saturated heterocycles. The molecule has 0 aromatic carbocycles. The number of carboxylic acids is 1. The SMILES string of the molecule is C[C@H]1C=C[C@H]2CCCC[C@@H]2[C@H]1CC[C@@H](O)C[C@@H](O)CC(=O)O. The Balaban J connectivity index is 1.81. The Labute approximate surface area is 133 Å². The minimum absolute atomic E-state index is 0.164. The van der Waals surface area contributed by atoms with E-state index in [9.17, 15) is 15.0 Å². The molecule has 0 spiro atoms. The van der Waals surface area contributed by atoms with Crippen molar-refractivity contribution < 1.29 is 20.1 Å². The summed E-state index contributed by atoms with van der Waals surface area (Å²) in [4.78, 5) is 10.5. The van der Waals surface area contributed by atoms with Gasteiger partial charge in [-0.25, -0.2) is 0 Å². The number of carbonyl (C=O) groups is 1. The number of hydrogen-bond donors (Lipinski definition) is 3. The summed E-state index contributed by atoms with van der Waals surface area (Å²) < 4.78 is 0. The number of aliphatic hydroxyl groups excluding tert-OH is 2. The molecule has 22 heavy (non-hydrogen) atoms. The lowest BCUT2D eigenvalue weighted by atomic mass is 9.64. The second kappa shape index (κ2) is 8.11. The zero-order valence-corrected chi connectivity index (χ0v) is 13.5. The van der Waals surface area contributed by atoms with Crippen molar-refractivity contribution in [3.63, 3.8) is 0 Å². The van der Waals surface area contributed by atoms with Gasteiger partial charge in [-0.1, -0.05) is 31.9 Å². The summed E-state index contributed by atoms with van der Waals surface area (Å²) in [5.74, 6) is 1.60. The van der Waals surface area contributed by atoms with E-state index in [1.54, 1.807) is 0 Å². The summed E-state index contributed by atoms with van der Waals surface area (Å²) >= 11 is 0. The molecule has 0 unspecified atom stereocenters. The number of aliphatic carboxylic acids is 1. The highest BCUT2D eigenvalue weighted by Crippen LogP contribution is 2.44. The minimum Gasteiger partial charge on any atom is -0.481 e. The normalized spacial score (nSPS) is 34.0. The molecular formula is C18H30O4. The van der Waals surface area contributed by atoms with Gasteiger partial charge in [0.1, 0.15) is 0 Å². The summed E-state index contributed by atoms with van der Waals surface area (Å²) in [5, 5.41) is 28.3. The average molecular weight is 310 g/mol. The lowest BCUT2D eigenvalue weighted by Crippen LogP contribution is -2.33. The lowest BCUT2D eigenvalue weighted by molar-refractivity contribution is -0.139. The van der Waals surface area contributed by atoms with Crippen molar-refractivity contribution in [2.75, 3.05) is 0 Å². The van der Waals surface area contributed by atoms with E-state index in [-0.39, 0.29) is 12.8 Å². The van der Waals surface area contributed by atoms with Crippen molar-refractivity contribution in [1.82, 2.24) is 0 Å². The number of carboxylic acid groups (broad SMARTS) is 1. The van der Waals surface area contributed by atoms with Gasteiger partial charge in [0.2, 0.25) is 0 Å². The van der Waals surface area contributed by atoms with E-state index in [0.29, 0.717) is 24.2 Å². The Bertz CT molecular complexity index is 393. The van der Waals surface area contributed by atoms with Crippen LogP contribution in [-0.2, 0) is 4.79 Å². The Morgan fingerprint density at radius 2 is 1.91 bits per heavy atom. The zero-order chi connectivity index (χ0) is 16.1. The van der Waals surface area contributed by atoms with E-state index in [1.807, 2.05) is 0 Å². The molecule has 0 bridgehead atoms. The molecule has 126 valence electrons. The van der Waals surface area contributed by atoms with Gasteiger partial charge in [0.15, 0.2) is 0 Å². The predicted molar refractivity (Wildman–Crippen MR) is 85.4 cm³/mol. The van der Waals surface area contributed by atoms with Crippen LogP contribution in [0, 0.1) is 23.7 Å². The van der Waals surface area contributed by atoms with Crippen molar-refractivity contribution >= 4 is 5.97 Å². The predicted octanol–water partition coefficient (Wildman–Crippen LogP) is 2.98. The minimum atomic E-state index is -1.02. The average Bonchev–Trinajstić information content (AvgIpc) is 2.45. The first-order valence-corrected chi connectivity index (χ1v) is 8.73. The standard InChI is InChI=1S/C18H30O4/c1-12-6-7-13-4-2-3-5-17(13)16(12)9-8-14(19)10-15(20)11-18(21)22/h6-7,12-17,19-20H,2-5,8-11H2,1H3,(H,21,22)/t12-,13+,14+,15+,16-,17-/m0/s1. The third kappa shape index (κ3) is 4.82. The number of rotatable bonds is 7. The molecule has 3 N–H and O–H groups in total. The van der Waals surface area contributed by atoms with Crippen LogP contribution in [0.1, 0.15) is 58.3 Å². The van der Waals surface area contributed by atoms with E-state index < -0.39 is 18.2 Å². The quantitative estimate of drug-likeness (QED) is 0.632. The fraction of sp³-hybridized carbons (Fsp3) is 0.833. The van der Waals surface area contributed by atoms with Crippen molar-refractivity contribution in [2.45, 2.75) is 70.5 Å². The van der Waals surface area contributed by atoms with Crippen LogP contribution in [0.4, 0.5) is 0 Å². The largest absolute Gasteiger partial charge is 0.481 e. The van der Waals surface area contributed by atoms with Crippen LogP contribution < -0.4 is 0 Å². The van der Waals surface area contributed by atoms with Gasteiger partial charge in [-0.05, 0) is 55.8 Å². The van der Waals surface area contributed by atoms with Gasteiger partial charge in [-0.3, -0.25) is 4.79 Å². The smallest absolute Gasteiger partial charge is 0.305 e. The van der Waals surface area contributed by atoms with Gasteiger partial charge in [0, 0.05) is 0 Å². The molecule has 2 aliphatic carbocycles. The van der Waals surface area contributed by atoms with E-state index in [0.717, 1.165) is 12.3 Å². The molecule has 0 aromatic heterocycles. The zero-order valence-electron chi connectivity index (χ0n) is 13.5.